The van der Waals surface area contributed by atoms with Crippen molar-refractivity contribution in [2.45, 2.75) is 51.0 Å². The van der Waals surface area contributed by atoms with Gasteiger partial charge >= 0.3 is 12.1 Å². The van der Waals surface area contributed by atoms with Crippen LogP contribution in [0.1, 0.15) is 56.1 Å². The Labute approximate surface area is 206 Å². The quantitative estimate of drug-likeness (QED) is 0.356. The van der Waals surface area contributed by atoms with Gasteiger partial charge in [0.05, 0.1) is 0 Å². The summed E-state index contributed by atoms with van der Waals surface area (Å²) in [6.45, 7) is 6.28. The minimum absolute atomic E-state index is 0.0192. The molecule has 3 rings (SSSR count). The van der Waals surface area contributed by atoms with Crippen LogP contribution in [-0.4, -0.2) is 42.3 Å². The number of carbonyl (C=O) groups is 3. The summed E-state index contributed by atoms with van der Waals surface area (Å²) in [6, 6.07) is 15.5. The standard InChI is InChI=1S/C28H34N2O5/c1-3-9-25(27(32)33)30-26(31)15-14-19(4-2)16-17-29-28(34)35-18-24-22-12-7-5-10-20(22)21-11-6-8-13-23(21)24/h3,5-8,10-13,19,24-25H,1,4,9,14-18H2,2H3,(H,29,34)(H,30,31)(H,32,33). The molecule has 35 heavy (non-hydrogen) atoms. The first-order chi connectivity index (χ1) is 16.9. The summed E-state index contributed by atoms with van der Waals surface area (Å²) in [4.78, 5) is 35.6. The lowest BCUT2D eigenvalue weighted by atomic mass is 9.96. The number of alkyl carbamates (subject to hydrolysis) is 1. The normalized spacial score (nSPS) is 13.7. The maximum Gasteiger partial charge on any atom is 0.407 e. The van der Waals surface area contributed by atoms with E-state index in [1.807, 2.05) is 31.2 Å². The van der Waals surface area contributed by atoms with Gasteiger partial charge in [-0.2, -0.15) is 0 Å². The number of hydrogen-bond acceptors (Lipinski definition) is 4. The molecule has 2 aromatic carbocycles. The van der Waals surface area contributed by atoms with E-state index in [0.717, 1.165) is 6.42 Å². The van der Waals surface area contributed by atoms with Crippen molar-refractivity contribution in [3.63, 3.8) is 0 Å². The first-order valence-corrected chi connectivity index (χ1v) is 12.2. The lowest BCUT2D eigenvalue weighted by molar-refractivity contribution is -0.141. The van der Waals surface area contributed by atoms with Gasteiger partial charge in [0.15, 0.2) is 0 Å². The zero-order valence-corrected chi connectivity index (χ0v) is 20.2. The molecular formula is C28H34N2O5. The van der Waals surface area contributed by atoms with Crippen molar-refractivity contribution in [2.24, 2.45) is 5.92 Å². The van der Waals surface area contributed by atoms with E-state index in [1.54, 1.807) is 0 Å². The maximum atomic E-state index is 12.3. The molecular weight excluding hydrogens is 444 g/mol. The van der Waals surface area contributed by atoms with Crippen LogP contribution in [0.5, 0.6) is 0 Å². The number of hydrogen-bond donors (Lipinski definition) is 3. The molecule has 3 N–H and O–H groups in total. The Morgan fingerprint density at radius 3 is 2.26 bits per heavy atom. The number of benzene rings is 2. The van der Waals surface area contributed by atoms with Gasteiger partial charge in [-0.3, -0.25) is 4.79 Å². The molecule has 0 aliphatic heterocycles. The topological polar surface area (TPSA) is 105 Å². The second-order valence-corrected chi connectivity index (χ2v) is 8.84. The minimum Gasteiger partial charge on any atom is -0.480 e. The van der Waals surface area contributed by atoms with E-state index in [0.29, 0.717) is 19.4 Å². The van der Waals surface area contributed by atoms with Gasteiger partial charge < -0.3 is 20.5 Å². The number of nitrogens with one attached hydrogen (secondary N) is 2. The van der Waals surface area contributed by atoms with Gasteiger partial charge in [-0.25, -0.2) is 9.59 Å². The molecule has 0 saturated heterocycles. The van der Waals surface area contributed by atoms with Crippen molar-refractivity contribution >= 4 is 18.0 Å². The van der Waals surface area contributed by atoms with E-state index in [2.05, 4.69) is 41.5 Å². The molecule has 2 unspecified atom stereocenters. The van der Waals surface area contributed by atoms with Crippen LogP contribution in [0.15, 0.2) is 61.2 Å². The third-order valence-corrected chi connectivity index (χ3v) is 6.56. The van der Waals surface area contributed by atoms with E-state index in [4.69, 9.17) is 9.84 Å². The first-order valence-electron chi connectivity index (χ1n) is 12.2. The van der Waals surface area contributed by atoms with Gasteiger partial charge in [0, 0.05) is 18.9 Å². The molecule has 1 aliphatic carbocycles. The summed E-state index contributed by atoms with van der Waals surface area (Å²) in [6.07, 6.45) is 3.63. The van der Waals surface area contributed by atoms with Crippen LogP contribution in [0.3, 0.4) is 0 Å². The number of carbonyl (C=O) groups excluding carboxylic acids is 2. The first kappa shape index (κ1) is 26.0. The Bertz CT molecular complexity index is 1010. The summed E-state index contributed by atoms with van der Waals surface area (Å²) in [5.74, 6) is -1.11. The number of carboxylic acids is 1. The molecule has 0 heterocycles. The van der Waals surface area contributed by atoms with Crippen molar-refractivity contribution in [1.29, 1.82) is 0 Å². The monoisotopic (exact) mass is 478 g/mol. The predicted octanol–water partition coefficient (Wildman–Crippen LogP) is 4.87. The summed E-state index contributed by atoms with van der Waals surface area (Å²) in [5.41, 5.74) is 4.71. The molecule has 0 radical (unpaired) electrons. The average molecular weight is 479 g/mol. The van der Waals surface area contributed by atoms with Crippen LogP contribution >= 0.6 is 0 Å². The number of amides is 2. The Balaban J connectivity index is 1.41. The van der Waals surface area contributed by atoms with E-state index in [-0.39, 0.29) is 37.2 Å². The largest absolute Gasteiger partial charge is 0.480 e. The Kier molecular flexibility index (Phi) is 9.47. The van der Waals surface area contributed by atoms with Crippen LogP contribution in [-0.2, 0) is 14.3 Å². The van der Waals surface area contributed by atoms with E-state index < -0.39 is 18.1 Å². The highest BCUT2D eigenvalue weighted by Gasteiger charge is 2.29. The van der Waals surface area contributed by atoms with Gasteiger partial charge in [-0.05, 0) is 47.4 Å². The second kappa shape index (κ2) is 12.7. The fourth-order valence-corrected chi connectivity index (χ4v) is 4.57. The van der Waals surface area contributed by atoms with Crippen LogP contribution in [0.25, 0.3) is 11.1 Å². The number of fused-ring (bicyclic) bond motifs is 3. The highest BCUT2D eigenvalue weighted by atomic mass is 16.5. The van der Waals surface area contributed by atoms with Crippen LogP contribution < -0.4 is 10.6 Å². The average Bonchev–Trinajstić information content (AvgIpc) is 3.18. The maximum absolute atomic E-state index is 12.3. The van der Waals surface area contributed by atoms with Gasteiger partial charge in [-0.15, -0.1) is 6.58 Å². The lowest BCUT2D eigenvalue weighted by Gasteiger charge is -2.17. The molecule has 0 spiro atoms. The highest BCUT2D eigenvalue weighted by molar-refractivity contribution is 5.83. The summed E-state index contributed by atoms with van der Waals surface area (Å²) in [5, 5.41) is 14.5. The molecule has 0 fully saturated rings. The molecule has 2 amide bonds. The summed E-state index contributed by atoms with van der Waals surface area (Å²) >= 11 is 0. The van der Waals surface area contributed by atoms with Gasteiger partial charge in [0.1, 0.15) is 12.6 Å². The molecule has 1 aliphatic rings. The highest BCUT2D eigenvalue weighted by Crippen LogP contribution is 2.44. The van der Waals surface area contributed by atoms with Crippen molar-refractivity contribution < 1.29 is 24.2 Å². The molecule has 7 nitrogen and oxygen atoms in total. The van der Waals surface area contributed by atoms with E-state index >= 15 is 0 Å². The number of ether oxygens (including phenoxy) is 1. The fourth-order valence-electron chi connectivity index (χ4n) is 4.57. The zero-order chi connectivity index (χ0) is 25.2. The SMILES string of the molecule is C=CCC(NC(=O)CCC(CC)CCNC(=O)OCC1c2ccccc2-c2ccccc21)C(=O)O. The number of carboxylic acid groups (broad SMARTS) is 1. The van der Waals surface area contributed by atoms with Gasteiger partial charge in [0.2, 0.25) is 5.91 Å². The smallest absolute Gasteiger partial charge is 0.407 e. The zero-order valence-electron chi connectivity index (χ0n) is 20.2. The summed E-state index contributed by atoms with van der Waals surface area (Å²) in [7, 11) is 0. The van der Waals surface area contributed by atoms with Crippen molar-refractivity contribution in [3.8, 4) is 11.1 Å². The molecule has 0 saturated carbocycles. The van der Waals surface area contributed by atoms with Gasteiger partial charge in [0.25, 0.3) is 0 Å². The third kappa shape index (κ3) is 6.94. The molecule has 7 heteroatoms. The van der Waals surface area contributed by atoms with Crippen LogP contribution in [0.2, 0.25) is 0 Å². The van der Waals surface area contributed by atoms with Crippen molar-refractivity contribution in [1.82, 2.24) is 10.6 Å². The van der Waals surface area contributed by atoms with Crippen molar-refractivity contribution in [2.75, 3.05) is 13.2 Å². The van der Waals surface area contributed by atoms with Crippen LogP contribution in [0, 0.1) is 5.92 Å². The van der Waals surface area contributed by atoms with E-state index in [9.17, 15) is 14.4 Å². The number of aliphatic carboxylic acids is 1. The molecule has 2 atom stereocenters. The van der Waals surface area contributed by atoms with Gasteiger partial charge in [-0.1, -0.05) is 68.0 Å². The second-order valence-electron chi connectivity index (χ2n) is 8.84. The molecule has 186 valence electrons. The van der Waals surface area contributed by atoms with Crippen LogP contribution in [0.4, 0.5) is 4.79 Å². The van der Waals surface area contributed by atoms with E-state index in [1.165, 1.54) is 28.3 Å². The predicted molar refractivity (Wildman–Crippen MR) is 135 cm³/mol. The Morgan fingerprint density at radius 1 is 1.06 bits per heavy atom. The lowest BCUT2D eigenvalue weighted by Crippen LogP contribution is -2.40. The molecule has 0 bridgehead atoms. The third-order valence-electron chi connectivity index (χ3n) is 6.56. The Hall–Kier alpha value is -3.61. The minimum atomic E-state index is -1.07. The fraction of sp³-hybridized carbons (Fsp3) is 0.393. The number of rotatable bonds is 13. The molecule has 2 aromatic rings. The molecule has 0 aromatic heterocycles. The Morgan fingerprint density at radius 2 is 1.69 bits per heavy atom. The summed E-state index contributed by atoms with van der Waals surface area (Å²) < 4.78 is 5.56. The van der Waals surface area contributed by atoms with Crippen molar-refractivity contribution in [3.05, 3.63) is 72.3 Å².